The van der Waals surface area contributed by atoms with Gasteiger partial charge in [0.05, 0.1) is 17.9 Å². The molecule has 1 aliphatic rings. The molecule has 5 rings (SSSR count). The minimum Gasteiger partial charge on any atom is -0.490 e. The number of hydrogen-bond acceptors (Lipinski definition) is 4. The standard InChI is InChI=1S/C28H26FN3O4/c1-3-18-8-14-22(15-9-18)32-27(34)23-16-19-6-5-7-24(35-4-2)26(19)36-28(23)31(32)17-25(33)30-21-12-10-20(29)11-13-21/h5-15H,3-4,16-17H2,1-2H3,(H,30,33). The van der Waals surface area contributed by atoms with Crippen molar-refractivity contribution in [3.8, 4) is 23.1 Å². The number of nitrogens with zero attached hydrogens (tertiary/aromatic N) is 2. The number of amides is 1. The van der Waals surface area contributed by atoms with Crippen molar-refractivity contribution in [1.29, 1.82) is 0 Å². The molecule has 8 heteroatoms. The lowest BCUT2D eigenvalue weighted by Gasteiger charge is -2.21. The van der Waals surface area contributed by atoms with Crippen molar-refractivity contribution in [2.75, 3.05) is 11.9 Å². The molecule has 4 aromatic rings. The van der Waals surface area contributed by atoms with Gasteiger partial charge >= 0.3 is 0 Å². The molecule has 0 bridgehead atoms. The van der Waals surface area contributed by atoms with Crippen molar-refractivity contribution >= 4 is 11.6 Å². The fourth-order valence-corrected chi connectivity index (χ4v) is 4.36. The third-order valence-corrected chi connectivity index (χ3v) is 6.12. The van der Waals surface area contributed by atoms with Gasteiger partial charge < -0.3 is 14.8 Å². The van der Waals surface area contributed by atoms with Gasteiger partial charge in [0.15, 0.2) is 11.5 Å². The van der Waals surface area contributed by atoms with E-state index in [-0.39, 0.29) is 18.0 Å². The second-order valence-electron chi connectivity index (χ2n) is 8.49. The van der Waals surface area contributed by atoms with Crippen LogP contribution in [0.5, 0.6) is 17.4 Å². The number of fused-ring (bicyclic) bond motifs is 2. The van der Waals surface area contributed by atoms with Crippen LogP contribution in [-0.2, 0) is 24.2 Å². The number of aromatic nitrogens is 2. The Morgan fingerprint density at radius 3 is 2.50 bits per heavy atom. The smallest absolute Gasteiger partial charge is 0.278 e. The van der Waals surface area contributed by atoms with Crippen LogP contribution in [0.1, 0.15) is 30.5 Å². The summed E-state index contributed by atoms with van der Waals surface area (Å²) in [6, 6.07) is 18.7. The molecule has 0 aliphatic carbocycles. The van der Waals surface area contributed by atoms with Gasteiger partial charge in [0.25, 0.3) is 5.56 Å². The number of aryl methyl sites for hydroxylation is 1. The monoisotopic (exact) mass is 487 g/mol. The van der Waals surface area contributed by atoms with E-state index in [2.05, 4.69) is 12.2 Å². The van der Waals surface area contributed by atoms with Crippen molar-refractivity contribution in [2.24, 2.45) is 0 Å². The number of para-hydroxylation sites is 1. The molecule has 0 radical (unpaired) electrons. The topological polar surface area (TPSA) is 74.5 Å². The van der Waals surface area contributed by atoms with E-state index in [1.807, 2.05) is 49.4 Å². The summed E-state index contributed by atoms with van der Waals surface area (Å²) in [5.74, 6) is 0.641. The third kappa shape index (κ3) is 4.37. The molecule has 184 valence electrons. The number of halogens is 1. The molecule has 0 atom stereocenters. The maximum atomic E-state index is 13.6. The normalized spacial score (nSPS) is 11.9. The van der Waals surface area contributed by atoms with Crippen molar-refractivity contribution < 1.29 is 18.7 Å². The molecule has 1 amide bonds. The maximum absolute atomic E-state index is 13.6. The van der Waals surface area contributed by atoms with Crippen LogP contribution in [0.3, 0.4) is 0 Å². The second kappa shape index (κ2) is 9.73. The Morgan fingerprint density at radius 1 is 1.06 bits per heavy atom. The first-order valence-electron chi connectivity index (χ1n) is 11.9. The molecular formula is C28H26FN3O4. The highest BCUT2D eigenvalue weighted by Gasteiger charge is 2.30. The Labute approximate surface area is 207 Å². The lowest BCUT2D eigenvalue weighted by molar-refractivity contribution is -0.117. The molecule has 0 saturated carbocycles. The van der Waals surface area contributed by atoms with Gasteiger partial charge in [-0.1, -0.05) is 31.2 Å². The molecule has 0 unspecified atom stereocenters. The van der Waals surface area contributed by atoms with E-state index in [0.29, 0.717) is 47.3 Å². The van der Waals surface area contributed by atoms with E-state index in [0.717, 1.165) is 17.5 Å². The first kappa shape index (κ1) is 23.4. The quantitative estimate of drug-likeness (QED) is 0.348. The highest BCUT2D eigenvalue weighted by Crippen LogP contribution is 2.42. The van der Waals surface area contributed by atoms with Gasteiger partial charge in [0.1, 0.15) is 12.4 Å². The van der Waals surface area contributed by atoms with Crippen LogP contribution in [-0.4, -0.2) is 21.9 Å². The minimum absolute atomic E-state index is 0.191. The molecule has 3 aromatic carbocycles. The third-order valence-electron chi connectivity index (χ3n) is 6.12. The molecule has 0 fully saturated rings. The summed E-state index contributed by atoms with van der Waals surface area (Å²) in [6.45, 7) is 4.22. The molecular weight excluding hydrogens is 461 g/mol. The van der Waals surface area contributed by atoms with Gasteiger partial charge in [-0.3, -0.25) is 9.59 Å². The molecule has 36 heavy (non-hydrogen) atoms. The Hall–Kier alpha value is -4.33. The van der Waals surface area contributed by atoms with Gasteiger partial charge in [-0.25, -0.2) is 13.8 Å². The fraction of sp³-hybridized carbons (Fsp3) is 0.214. The minimum atomic E-state index is -0.394. The second-order valence-corrected chi connectivity index (χ2v) is 8.49. The van der Waals surface area contributed by atoms with E-state index in [1.54, 1.807) is 4.68 Å². The number of anilines is 1. The van der Waals surface area contributed by atoms with E-state index >= 15 is 0 Å². The van der Waals surface area contributed by atoms with E-state index in [9.17, 15) is 14.0 Å². The van der Waals surface area contributed by atoms with Gasteiger partial charge in [0, 0.05) is 17.7 Å². The zero-order chi connectivity index (χ0) is 25.2. The zero-order valence-electron chi connectivity index (χ0n) is 20.1. The van der Waals surface area contributed by atoms with Gasteiger partial charge in [0.2, 0.25) is 11.8 Å². The maximum Gasteiger partial charge on any atom is 0.278 e. The van der Waals surface area contributed by atoms with Gasteiger partial charge in [-0.05, 0) is 61.4 Å². The Kier molecular flexibility index (Phi) is 6.33. The first-order valence-corrected chi connectivity index (χ1v) is 11.9. The first-order chi connectivity index (χ1) is 17.5. The van der Waals surface area contributed by atoms with Crippen molar-refractivity contribution in [3.05, 3.63) is 99.6 Å². The fourth-order valence-electron chi connectivity index (χ4n) is 4.36. The number of hydrogen-bond donors (Lipinski definition) is 1. The molecule has 0 saturated heterocycles. The van der Waals surface area contributed by atoms with Crippen molar-refractivity contribution in [3.63, 3.8) is 0 Å². The summed E-state index contributed by atoms with van der Waals surface area (Å²) in [5.41, 5.74) is 3.26. The molecule has 0 spiro atoms. The summed E-state index contributed by atoms with van der Waals surface area (Å²) in [7, 11) is 0. The van der Waals surface area contributed by atoms with E-state index in [1.165, 1.54) is 28.9 Å². The Balaban J connectivity index is 1.58. The summed E-state index contributed by atoms with van der Waals surface area (Å²) in [6.07, 6.45) is 1.22. The number of ether oxygens (including phenoxy) is 2. The summed E-state index contributed by atoms with van der Waals surface area (Å²) in [4.78, 5) is 26.7. The predicted molar refractivity (Wildman–Crippen MR) is 135 cm³/mol. The highest BCUT2D eigenvalue weighted by atomic mass is 19.1. The predicted octanol–water partition coefficient (Wildman–Crippen LogP) is 5.07. The van der Waals surface area contributed by atoms with Crippen molar-refractivity contribution in [1.82, 2.24) is 9.36 Å². The lowest BCUT2D eigenvalue weighted by atomic mass is 10.0. The number of carbonyl (C=O) groups is 1. The Bertz CT molecular complexity index is 1470. The van der Waals surface area contributed by atoms with Crippen LogP contribution in [0.25, 0.3) is 5.69 Å². The van der Waals surface area contributed by atoms with E-state index in [4.69, 9.17) is 9.47 Å². The van der Waals surface area contributed by atoms with Crippen LogP contribution < -0.4 is 20.3 Å². The molecule has 1 N–H and O–H groups in total. The molecule has 1 aromatic heterocycles. The SMILES string of the molecule is CCOc1cccc2c1Oc1c(c(=O)n(-c3ccc(CC)cc3)n1CC(=O)Nc1ccc(F)cc1)C2. The zero-order valence-corrected chi connectivity index (χ0v) is 20.1. The summed E-state index contributed by atoms with van der Waals surface area (Å²) < 4.78 is 28.3. The lowest BCUT2D eigenvalue weighted by Crippen LogP contribution is -2.27. The largest absolute Gasteiger partial charge is 0.490 e. The number of carbonyl (C=O) groups excluding carboxylic acids is 1. The van der Waals surface area contributed by atoms with Gasteiger partial charge in [-0.15, -0.1) is 0 Å². The van der Waals surface area contributed by atoms with E-state index < -0.39 is 5.82 Å². The Morgan fingerprint density at radius 2 is 1.81 bits per heavy atom. The van der Waals surface area contributed by atoms with Gasteiger partial charge in [-0.2, -0.15) is 0 Å². The van der Waals surface area contributed by atoms with Crippen molar-refractivity contribution in [2.45, 2.75) is 33.2 Å². The van der Waals surface area contributed by atoms with Crippen LogP contribution in [0.4, 0.5) is 10.1 Å². The number of benzene rings is 3. The summed E-state index contributed by atoms with van der Waals surface area (Å²) in [5, 5.41) is 2.76. The average Bonchev–Trinajstić information content (AvgIpc) is 3.15. The summed E-state index contributed by atoms with van der Waals surface area (Å²) >= 11 is 0. The average molecular weight is 488 g/mol. The van der Waals surface area contributed by atoms with Crippen LogP contribution in [0.2, 0.25) is 0 Å². The number of rotatable bonds is 7. The highest BCUT2D eigenvalue weighted by molar-refractivity contribution is 5.90. The van der Waals surface area contributed by atoms with Crippen LogP contribution in [0, 0.1) is 5.82 Å². The number of nitrogens with one attached hydrogen (secondary N) is 1. The molecule has 1 aliphatic heterocycles. The molecule has 2 heterocycles. The molecule has 7 nitrogen and oxygen atoms in total. The van der Waals surface area contributed by atoms with Crippen LogP contribution >= 0.6 is 0 Å². The van der Waals surface area contributed by atoms with Crippen LogP contribution in [0.15, 0.2) is 71.5 Å².